The van der Waals surface area contributed by atoms with Crippen LogP contribution in [-0.2, 0) is 26.1 Å². The van der Waals surface area contributed by atoms with Crippen molar-refractivity contribution in [2.24, 2.45) is 0 Å². The molecule has 0 unspecified atom stereocenters. The summed E-state index contributed by atoms with van der Waals surface area (Å²) < 4.78 is 44.7. The number of carbonyl (C=O) groups is 1. The van der Waals surface area contributed by atoms with E-state index in [-0.39, 0.29) is 29.0 Å². The van der Waals surface area contributed by atoms with E-state index in [0.29, 0.717) is 11.5 Å². The Balaban J connectivity index is 2.03. The Kier molecular flexibility index (Phi) is 7.81. The Morgan fingerprint density at radius 3 is 2.27 bits per heavy atom. The molecule has 33 heavy (non-hydrogen) atoms. The first-order valence-electron chi connectivity index (χ1n) is 10.8. The second-order valence-corrected chi connectivity index (χ2v) is 10.1. The van der Waals surface area contributed by atoms with Crippen molar-refractivity contribution < 1.29 is 27.4 Å². The Bertz CT molecular complexity index is 1120. The first-order chi connectivity index (χ1) is 15.7. The summed E-state index contributed by atoms with van der Waals surface area (Å²) in [5.74, 6) is 0.257. The molecule has 1 saturated carbocycles. The SMILES string of the molecule is COC(=O)C=Cc1cc(OC)c(OC)c(S(=O)(=O)N(Cc2ccc(C(C)C)cc2)C2CC2)c1. The molecule has 0 amide bonds. The summed E-state index contributed by atoms with van der Waals surface area (Å²) in [6.45, 7) is 4.51. The number of methoxy groups -OCH3 is 3. The zero-order valence-electron chi connectivity index (χ0n) is 19.7. The summed E-state index contributed by atoms with van der Waals surface area (Å²) >= 11 is 0. The molecule has 2 aromatic carbocycles. The van der Waals surface area contributed by atoms with Crippen LogP contribution in [0.5, 0.6) is 11.5 Å². The van der Waals surface area contributed by atoms with Gasteiger partial charge in [-0.1, -0.05) is 38.1 Å². The fraction of sp³-hybridized carbons (Fsp3) is 0.400. The third-order valence-electron chi connectivity index (χ3n) is 5.61. The van der Waals surface area contributed by atoms with E-state index >= 15 is 0 Å². The molecular weight excluding hydrogens is 442 g/mol. The number of nitrogens with zero attached hydrogens (tertiary/aromatic N) is 1. The first kappa shape index (κ1) is 24.8. The zero-order chi connectivity index (χ0) is 24.2. The van der Waals surface area contributed by atoms with Gasteiger partial charge in [-0.05, 0) is 53.7 Å². The molecule has 1 fully saturated rings. The van der Waals surface area contributed by atoms with Crippen LogP contribution in [0, 0.1) is 0 Å². The van der Waals surface area contributed by atoms with Crippen molar-refractivity contribution in [2.75, 3.05) is 21.3 Å². The summed E-state index contributed by atoms with van der Waals surface area (Å²) in [4.78, 5) is 11.5. The van der Waals surface area contributed by atoms with Crippen molar-refractivity contribution in [3.8, 4) is 11.5 Å². The number of hydrogen-bond acceptors (Lipinski definition) is 6. The summed E-state index contributed by atoms with van der Waals surface area (Å²) in [7, 11) is 0.201. The van der Waals surface area contributed by atoms with Crippen LogP contribution in [0.2, 0.25) is 0 Å². The van der Waals surface area contributed by atoms with E-state index in [9.17, 15) is 13.2 Å². The van der Waals surface area contributed by atoms with Gasteiger partial charge in [0.2, 0.25) is 10.0 Å². The molecular formula is C25H31NO6S. The normalized spacial score (nSPS) is 14.2. The second-order valence-electron chi connectivity index (χ2n) is 8.29. The highest BCUT2D eigenvalue weighted by atomic mass is 32.2. The molecule has 1 aliphatic carbocycles. The molecule has 1 aliphatic rings. The van der Waals surface area contributed by atoms with E-state index < -0.39 is 16.0 Å². The van der Waals surface area contributed by atoms with Crippen molar-refractivity contribution in [3.05, 3.63) is 59.2 Å². The number of hydrogen-bond donors (Lipinski definition) is 0. The second kappa shape index (κ2) is 10.4. The minimum Gasteiger partial charge on any atom is -0.493 e. The van der Waals surface area contributed by atoms with Crippen LogP contribution in [0.1, 0.15) is 49.3 Å². The van der Waals surface area contributed by atoms with Gasteiger partial charge >= 0.3 is 5.97 Å². The minimum absolute atomic E-state index is 0.000401. The maximum atomic E-state index is 13.9. The fourth-order valence-electron chi connectivity index (χ4n) is 3.56. The predicted molar refractivity (Wildman–Crippen MR) is 127 cm³/mol. The van der Waals surface area contributed by atoms with Crippen LogP contribution >= 0.6 is 0 Å². The van der Waals surface area contributed by atoms with E-state index in [1.807, 2.05) is 24.3 Å². The highest BCUT2D eigenvalue weighted by molar-refractivity contribution is 7.89. The molecule has 0 saturated heterocycles. The molecule has 0 atom stereocenters. The molecule has 0 aliphatic heterocycles. The van der Waals surface area contributed by atoms with Gasteiger partial charge in [-0.25, -0.2) is 13.2 Å². The summed E-state index contributed by atoms with van der Waals surface area (Å²) in [5.41, 5.74) is 2.60. The van der Waals surface area contributed by atoms with Crippen molar-refractivity contribution in [3.63, 3.8) is 0 Å². The molecule has 0 bridgehead atoms. The number of ether oxygens (including phenoxy) is 3. The van der Waals surface area contributed by atoms with Crippen molar-refractivity contribution in [1.82, 2.24) is 4.31 Å². The van der Waals surface area contributed by atoms with Gasteiger partial charge in [-0.3, -0.25) is 0 Å². The first-order valence-corrected chi connectivity index (χ1v) is 12.3. The summed E-state index contributed by atoms with van der Waals surface area (Å²) in [5, 5.41) is 0. The zero-order valence-corrected chi connectivity index (χ0v) is 20.5. The summed E-state index contributed by atoms with van der Waals surface area (Å²) in [6, 6.07) is 11.1. The number of benzene rings is 2. The smallest absolute Gasteiger partial charge is 0.330 e. The average Bonchev–Trinajstić information content (AvgIpc) is 3.65. The minimum atomic E-state index is -3.93. The van der Waals surface area contributed by atoms with Crippen LogP contribution in [0.3, 0.4) is 0 Å². The molecule has 8 heteroatoms. The topological polar surface area (TPSA) is 82.1 Å². The maximum Gasteiger partial charge on any atom is 0.330 e. The predicted octanol–water partition coefficient (Wildman–Crippen LogP) is 4.37. The van der Waals surface area contributed by atoms with Gasteiger partial charge < -0.3 is 14.2 Å². The van der Waals surface area contributed by atoms with Crippen molar-refractivity contribution in [1.29, 1.82) is 0 Å². The van der Waals surface area contributed by atoms with E-state index in [1.165, 1.54) is 49.4 Å². The molecule has 7 nitrogen and oxygen atoms in total. The van der Waals surface area contributed by atoms with E-state index in [2.05, 4.69) is 18.6 Å². The molecule has 0 radical (unpaired) electrons. The largest absolute Gasteiger partial charge is 0.493 e. The highest BCUT2D eigenvalue weighted by Gasteiger charge is 2.40. The standard InChI is InChI=1S/C25H31NO6S/c1-17(2)20-9-6-18(7-10-20)16-26(21-11-12-21)33(28,29)23-15-19(8-13-24(27)31-4)14-22(30-3)25(23)32-5/h6-10,13-15,17,21H,11-12,16H2,1-5H3. The Hall–Kier alpha value is -2.84. The van der Waals surface area contributed by atoms with E-state index in [0.717, 1.165) is 18.4 Å². The lowest BCUT2D eigenvalue weighted by atomic mass is 10.0. The van der Waals surface area contributed by atoms with Crippen LogP contribution in [0.15, 0.2) is 47.4 Å². The lowest BCUT2D eigenvalue weighted by Gasteiger charge is -2.24. The Morgan fingerprint density at radius 1 is 1.09 bits per heavy atom. The average molecular weight is 474 g/mol. The molecule has 0 aromatic heterocycles. The van der Waals surface area contributed by atoms with Gasteiger partial charge in [0, 0.05) is 18.7 Å². The molecule has 0 N–H and O–H groups in total. The molecule has 0 spiro atoms. The van der Waals surface area contributed by atoms with Crippen LogP contribution in [-0.4, -0.2) is 46.1 Å². The highest BCUT2D eigenvalue weighted by Crippen LogP contribution is 2.41. The molecule has 178 valence electrons. The van der Waals surface area contributed by atoms with Gasteiger partial charge in [-0.15, -0.1) is 0 Å². The number of esters is 1. The van der Waals surface area contributed by atoms with Crippen LogP contribution in [0.25, 0.3) is 6.08 Å². The number of sulfonamides is 1. The summed E-state index contributed by atoms with van der Waals surface area (Å²) in [6.07, 6.45) is 4.33. The lowest BCUT2D eigenvalue weighted by molar-refractivity contribution is -0.134. The van der Waals surface area contributed by atoms with E-state index in [4.69, 9.17) is 9.47 Å². The van der Waals surface area contributed by atoms with Gasteiger partial charge in [0.15, 0.2) is 11.5 Å². The van der Waals surface area contributed by atoms with Gasteiger partial charge in [0.05, 0.1) is 21.3 Å². The van der Waals surface area contributed by atoms with Gasteiger partial charge in [0.25, 0.3) is 0 Å². The van der Waals surface area contributed by atoms with Crippen LogP contribution in [0.4, 0.5) is 0 Å². The Labute approximate surface area is 196 Å². The van der Waals surface area contributed by atoms with Crippen molar-refractivity contribution in [2.45, 2.75) is 50.1 Å². The molecule has 0 heterocycles. The van der Waals surface area contributed by atoms with Gasteiger partial charge in [0.1, 0.15) is 4.90 Å². The third kappa shape index (κ3) is 5.75. The quantitative estimate of drug-likeness (QED) is 0.377. The van der Waals surface area contributed by atoms with Crippen LogP contribution < -0.4 is 9.47 Å². The van der Waals surface area contributed by atoms with Gasteiger partial charge in [-0.2, -0.15) is 4.31 Å². The maximum absolute atomic E-state index is 13.9. The Morgan fingerprint density at radius 2 is 1.76 bits per heavy atom. The monoisotopic (exact) mass is 473 g/mol. The number of carbonyl (C=O) groups excluding carboxylic acids is 1. The fourth-order valence-corrected chi connectivity index (χ4v) is 5.44. The number of rotatable bonds is 10. The lowest BCUT2D eigenvalue weighted by Crippen LogP contribution is -2.33. The molecule has 2 aromatic rings. The third-order valence-corrected chi connectivity index (χ3v) is 7.51. The van der Waals surface area contributed by atoms with Crippen molar-refractivity contribution >= 4 is 22.1 Å². The van der Waals surface area contributed by atoms with E-state index in [1.54, 1.807) is 6.07 Å². The molecule has 3 rings (SSSR count).